The highest BCUT2D eigenvalue weighted by atomic mass is 19.4. The van der Waals surface area contributed by atoms with Crippen molar-refractivity contribution in [2.75, 3.05) is 19.0 Å². The van der Waals surface area contributed by atoms with Crippen molar-refractivity contribution in [3.63, 3.8) is 0 Å². The lowest BCUT2D eigenvalue weighted by molar-refractivity contribution is -0.137. The third kappa shape index (κ3) is 3.76. The first-order valence-corrected chi connectivity index (χ1v) is 7.51. The second kappa shape index (κ2) is 6.66. The van der Waals surface area contributed by atoms with Crippen LogP contribution in [0.1, 0.15) is 21.8 Å². The minimum absolute atomic E-state index is 0.00886. The second-order valence-corrected chi connectivity index (χ2v) is 5.66. The summed E-state index contributed by atoms with van der Waals surface area (Å²) in [7, 11) is 3.57. The SMILES string of the molecule is CN(C)c1cc(C(=O)OCc2nc3cc(C(F)(F)F)ccc3o2)ccn1. The minimum atomic E-state index is -4.47. The average molecular weight is 365 g/mol. The Labute approximate surface area is 146 Å². The van der Waals surface area contributed by atoms with E-state index in [1.54, 1.807) is 25.1 Å². The number of carbonyl (C=O) groups excluding carboxylic acids is 1. The summed E-state index contributed by atoms with van der Waals surface area (Å²) in [6.45, 7) is -0.297. The summed E-state index contributed by atoms with van der Waals surface area (Å²) in [5, 5.41) is 0. The monoisotopic (exact) mass is 365 g/mol. The van der Waals surface area contributed by atoms with Crippen LogP contribution in [0.2, 0.25) is 0 Å². The summed E-state index contributed by atoms with van der Waals surface area (Å²) < 4.78 is 48.6. The molecule has 3 aromatic rings. The lowest BCUT2D eigenvalue weighted by Gasteiger charge is -2.11. The highest BCUT2D eigenvalue weighted by molar-refractivity contribution is 5.90. The Hall–Kier alpha value is -3.10. The first-order chi connectivity index (χ1) is 12.2. The van der Waals surface area contributed by atoms with Gasteiger partial charge in [0, 0.05) is 20.3 Å². The molecule has 2 aromatic heterocycles. The number of anilines is 1. The van der Waals surface area contributed by atoms with E-state index in [4.69, 9.17) is 9.15 Å². The van der Waals surface area contributed by atoms with Crippen molar-refractivity contribution in [2.45, 2.75) is 12.8 Å². The molecular weight excluding hydrogens is 351 g/mol. The maximum Gasteiger partial charge on any atom is 0.416 e. The molecule has 0 saturated carbocycles. The first kappa shape index (κ1) is 17.7. The number of nitrogens with zero attached hydrogens (tertiary/aromatic N) is 3. The Kier molecular flexibility index (Phi) is 4.54. The van der Waals surface area contributed by atoms with Gasteiger partial charge in [-0.2, -0.15) is 13.2 Å². The van der Waals surface area contributed by atoms with Crippen LogP contribution >= 0.6 is 0 Å². The topological polar surface area (TPSA) is 68.5 Å². The van der Waals surface area contributed by atoms with Crippen molar-refractivity contribution in [3.8, 4) is 0 Å². The van der Waals surface area contributed by atoms with Gasteiger partial charge in [-0.05, 0) is 30.3 Å². The molecular formula is C17H14F3N3O3. The number of esters is 1. The largest absolute Gasteiger partial charge is 0.452 e. The number of halogens is 3. The molecule has 0 unspecified atom stereocenters. The van der Waals surface area contributed by atoms with Crippen LogP contribution in [0.25, 0.3) is 11.1 Å². The van der Waals surface area contributed by atoms with E-state index < -0.39 is 17.7 Å². The van der Waals surface area contributed by atoms with Gasteiger partial charge in [-0.25, -0.2) is 14.8 Å². The molecule has 0 saturated heterocycles. The zero-order chi connectivity index (χ0) is 18.9. The summed E-state index contributed by atoms with van der Waals surface area (Å²) in [6, 6.07) is 6.03. The zero-order valence-electron chi connectivity index (χ0n) is 13.9. The van der Waals surface area contributed by atoms with E-state index in [1.807, 2.05) is 0 Å². The number of ether oxygens (including phenoxy) is 1. The molecule has 0 aliphatic carbocycles. The van der Waals surface area contributed by atoms with Gasteiger partial charge in [0.1, 0.15) is 11.3 Å². The summed E-state index contributed by atoms with van der Waals surface area (Å²) in [5.41, 5.74) is -0.304. The quantitative estimate of drug-likeness (QED) is 0.657. The van der Waals surface area contributed by atoms with Crippen molar-refractivity contribution >= 4 is 22.9 Å². The van der Waals surface area contributed by atoms with Crippen molar-refractivity contribution < 1.29 is 27.1 Å². The average Bonchev–Trinajstić information content (AvgIpc) is 3.01. The third-order valence-electron chi connectivity index (χ3n) is 3.53. The molecule has 0 fully saturated rings. The molecule has 0 aliphatic heterocycles. The molecule has 2 heterocycles. The summed E-state index contributed by atoms with van der Waals surface area (Å²) in [5.74, 6) is -0.0238. The van der Waals surface area contributed by atoms with Gasteiger partial charge in [0.15, 0.2) is 12.2 Å². The highest BCUT2D eigenvalue weighted by Crippen LogP contribution is 2.31. The van der Waals surface area contributed by atoms with Gasteiger partial charge in [-0.1, -0.05) is 0 Å². The maximum atomic E-state index is 12.7. The van der Waals surface area contributed by atoms with Crippen molar-refractivity contribution in [1.82, 2.24) is 9.97 Å². The number of benzene rings is 1. The van der Waals surface area contributed by atoms with Gasteiger partial charge in [-0.15, -0.1) is 0 Å². The molecule has 0 aliphatic rings. The van der Waals surface area contributed by atoms with Crippen molar-refractivity contribution in [3.05, 3.63) is 53.5 Å². The second-order valence-electron chi connectivity index (χ2n) is 5.66. The van der Waals surface area contributed by atoms with E-state index in [2.05, 4.69) is 9.97 Å². The van der Waals surface area contributed by atoms with E-state index in [0.29, 0.717) is 11.4 Å². The fourth-order valence-electron chi connectivity index (χ4n) is 2.21. The van der Waals surface area contributed by atoms with Gasteiger partial charge >= 0.3 is 12.1 Å². The fourth-order valence-corrected chi connectivity index (χ4v) is 2.21. The lowest BCUT2D eigenvalue weighted by atomic mass is 10.2. The van der Waals surface area contributed by atoms with Gasteiger partial charge in [0.05, 0.1) is 11.1 Å². The van der Waals surface area contributed by atoms with Crippen LogP contribution in [0.3, 0.4) is 0 Å². The molecule has 0 bridgehead atoms. The Balaban J connectivity index is 1.73. The van der Waals surface area contributed by atoms with Crippen LogP contribution in [-0.2, 0) is 17.5 Å². The molecule has 6 nitrogen and oxygen atoms in total. The predicted molar refractivity (Wildman–Crippen MR) is 86.7 cm³/mol. The molecule has 136 valence electrons. The number of aromatic nitrogens is 2. The summed E-state index contributed by atoms with van der Waals surface area (Å²) in [6.07, 6.45) is -2.99. The van der Waals surface area contributed by atoms with Crippen LogP contribution < -0.4 is 4.90 Å². The zero-order valence-corrected chi connectivity index (χ0v) is 13.9. The van der Waals surface area contributed by atoms with E-state index in [-0.39, 0.29) is 23.6 Å². The Morgan fingerprint density at radius 2 is 2.00 bits per heavy atom. The molecule has 3 rings (SSSR count). The summed E-state index contributed by atoms with van der Waals surface area (Å²) in [4.78, 5) is 21.9. The number of alkyl halides is 3. The molecule has 0 radical (unpaired) electrons. The van der Waals surface area contributed by atoms with Crippen LogP contribution in [0.4, 0.5) is 19.0 Å². The summed E-state index contributed by atoms with van der Waals surface area (Å²) >= 11 is 0. The van der Waals surface area contributed by atoms with Gasteiger partial charge < -0.3 is 14.1 Å². The predicted octanol–water partition coefficient (Wildman–Crippen LogP) is 3.66. The maximum absolute atomic E-state index is 12.7. The number of hydrogen-bond donors (Lipinski definition) is 0. The van der Waals surface area contributed by atoms with Gasteiger partial charge in [-0.3, -0.25) is 0 Å². The molecule has 0 spiro atoms. The smallest absolute Gasteiger partial charge is 0.416 e. The molecule has 0 atom stereocenters. The number of rotatable bonds is 4. The van der Waals surface area contributed by atoms with E-state index in [1.165, 1.54) is 18.3 Å². The highest BCUT2D eigenvalue weighted by Gasteiger charge is 2.31. The molecule has 0 amide bonds. The minimum Gasteiger partial charge on any atom is -0.452 e. The number of oxazole rings is 1. The number of hydrogen-bond acceptors (Lipinski definition) is 6. The van der Waals surface area contributed by atoms with E-state index in [0.717, 1.165) is 12.1 Å². The van der Waals surface area contributed by atoms with E-state index in [9.17, 15) is 18.0 Å². The molecule has 1 aromatic carbocycles. The molecule has 0 N–H and O–H groups in total. The normalized spacial score (nSPS) is 11.6. The van der Waals surface area contributed by atoms with E-state index >= 15 is 0 Å². The third-order valence-corrected chi connectivity index (χ3v) is 3.53. The van der Waals surface area contributed by atoms with Gasteiger partial charge in [0.25, 0.3) is 0 Å². The number of carbonyl (C=O) groups is 1. The van der Waals surface area contributed by atoms with Crippen LogP contribution in [0.5, 0.6) is 0 Å². The molecule has 9 heteroatoms. The van der Waals surface area contributed by atoms with Gasteiger partial charge in [0.2, 0.25) is 5.89 Å². The number of pyridine rings is 1. The van der Waals surface area contributed by atoms with Crippen LogP contribution in [0.15, 0.2) is 40.9 Å². The standard InChI is InChI=1S/C17H14F3N3O3/c1-23(2)14-7-10(5-6-21-14)16(24)25-9-15-22-12-8-11(17(18,19)20)3-4-13(12)26-15/h3-8H,9H2,1-2H3. The van der Waals surface area contributed by atoms with Crippen LogP contribution in [-0.4, -0.2) is 30.0 Å². The first-order valence-electron chi connectivity index (χ1n) is 7.51. The van der Waals surface area contributed by atoms with Crippen molar-refractivity contribution in [2.24, 2.45) is 0 Å². The lowest BCUT2D eigenvalue weighted by Crippen LogP contribution is -2.12. The van der Waals surface area contributed by atoms with Crippen molar-refractivity contribution in [1.29, 1.82) is 0 Å². The number of fused-ring (bicyclic) bond motifs is 1. The van der Waals surface area contributed by atoms with Crippen LogP contribution in [0, 0.1) is 0 Å². The Morgan fingerprint density at radius 3 is 2.69 bits per heavy atom. The molecule has 26 heavy (non-hydrogen) atoms. The fraction of sp³-hybridized carbons (Fsp3) is 0.235. The Bertz CT molecular complexity index is 951. The Morgan fingerprint density at radius 1 is 1.23 bits per heavy atom.